The minimum Gasteiger partial charge on any atom is -0.445 e. The van der Waals surface area contributed by atoms with E-state index in [2.05, 4.69) is 5.32 Å². The molecule has 2 aliphatic rings. The van der Waals surface area contributed by atoms with Gasteiger partial charge in [-0.3, -0.25) is 0 Å². The van der Waals surface area contributed by atoms with E-state index in [1.807, 2.05) is 71.9 Å². The molecule has 3 N–H and O–H groups in total. The van der Waals surface area contributed by atoms with Gasteiger partial charge in [0.2, 0.25) is 0 Å². The van der Waals surface area contributed by atoms with E-state index in [-0.39, 0.29) is 24.7 Å². The van der Waals surface area contributed by atoms with Crippen molar-refractivity contribution in [2.45, 2.75) is 85.0 Å². The largest absolute Gasteiger partial charge is 0.445 e. The third-order valence-corrected chi connectivity index (χ3v) is 6.42. The van der Waals surface area contributed by atoms with Crippen molar-refractivity contribution >= 4 is 18.3 Å². The zero-order chi connectivity index (χ0) is 29.8. The van der Waals surface area contributed by atoms with Gasteiger partial charge in [-0.25, -0.2) is 14.4 Å². The summed E-state index contributed by atoms with van der Waals surface area (Å²) in [6.07, 6.45) is 3.10. The molecule has 2 fully saturated rings. The predicted molar refractivity (Wildman–Crippen MR) is 155 cm³/mol. The van der Waals surface area contributed by atoms with Crippen LogP contribution in [0.1, 0.15) is 72.8 Å². The molecule has 10 nitrogen and oxygen atoms in total. The first-order chi connectivity index (χ1) is 18.8. The average molecular weight is 563 g/mol. The molecule has 226 valence electrons. The molecule has 40 heavy (non-hydrogen) atoms. The Balaban J connectivity index is 0.000000319. The smallest absolute Gasteiger partial charge is 0.410 e. The number of carbonyl (C=O) groups excluding carboxylic acids is 3. The van der Waals surface area contributed by atoms with Crippen molar-refractivity contribution in [2.75, 3.05) is 39.3 Å². The summed E-state index contributed by atoms with van der Waals surface area (Å²) in [4.78, 5) is 39.2. The highest BCUT2D eigenvalue weighted by Crippen LogP contribution is 2.20. The van der Waals surface area contributed by atoms with Crippen LogP contribution in [0.5, 0.6) is 0 Å². The summed E-state index contributed by atoms with van der Waals surface area (Å²) >= 11 is 0. The van der Waals surface area contributed by atoms with Crippen LogP contribution in [-0.2, 0) is 20.8 Å². The molecule has 0 radical (unpaired) electrons. The highest BCUT2D eigenvalue weighted by Gasteiger charge is 2.28. The van der Waals surface area contributed by atoms with Gasteiger partial charge >= 0.3 is 18.3 Å². The first-order valence-electron chi connectivity index (χ1n) is 14.4. The number of nitrogens with two attached hydrogens (primary N) is 1. The van der Waals surface area contributed by atoms with E-state index in [0.717, 1.165) is 44.3 Å². The zero-order valence-corrected chi connectivity index (χ0v) is 25.2. The number of piperidine rings is 2. The van der Waals surface area contributed by atoms with Crippen molar-refractivity contribution in [1.29, 1.82) is 0 Å². The molecule has 2 heterocycles. The molecule has 2 aliphatic heterocycles. The van der Waals surface area contributed by atoms with Crippen LogP contribution in [-0.4, -0.2) is 78.6 Å². The maximum Gasteiger partial charge on any atom is 0.410 e. The molecule has 3 rings (SSSR count). The standard InChI is InChI=1S/C19H28N2O4.C11H22N2O2/c1-19(2,3)25-18(23)21-11-7-10-16(13-21)12-20-17(22)24-14-15-8-5-4-6-9-15;1-11(2,3)15-10(14)13-6-4-5-9(7-12)8-13/h4-6,8-9,16H,7,10-14H2,1-3H3,(H,20,22);9H,4-8,12H2,1-3H3/t16-;9-/m11/s1. The first-order valence-corrected chi connectivity index (χ1v) is 14.4. The maximum atomic E-state index is 12.1. The third kappa shape index (κ3) is 13.4. The van der Waals surface area contributed by atoms with Gasteiger partial charge in [0.25, 0.3) is 0 Å². The number of nitrogens with zero attached hydrogens (tertiary/aromatic N) is 2. The number of hydrogen-bond acceptors (Lipinski definition) is 7. The van der Waals surface area contributed by atoms with E-state index < -0.39 is 17.3 Å². The fourth-order valence-electron chi connectivity index (χ4n) is 4.48. The van der Waals surface area contributed by atoms with Crippen LogP contribution < -0.4 is 11.1 Å². The summed E-state index contributed by atoms with van der Waals surface area (Å²) in [5, 5.41) is 2.79. The molecule has 2 atom stereocenters. The lowest BCUT2D eigenvalue weighted by atomic mass is 9.98. The van der Waals surface area contributed by atoms with Gasteiger partial charge in [-0.1, -0.05) is 30.3 Å². The van der Waals surface area contributed by atoms with Crippen LogP contribution in [0.3, 0.4) is 0 Å². The topological polar surface area (TPSA) is 123 Å². The number of carbonyl (C=O) groups is 3. The van der Waals surface area contributed by atoms with Crippen LogP contribution in [0.2, 0.25) is 0 Å². The third-order valence-electron chi connectivity index (χ3n) is 6.42. The highest BCUT2D eigenvalue weighted by atomic mass is 16.6. The molecule has 2 saturated heterocycles. The van der Waals surface area contributed by atoms with Crippen LogP contribution in [0.25, 0.3) is 0 Å². The highest BCUT2D eigenvalue weighted by molar-refractivity contribution is 5.69. The second kappa shape index (κ2) is 15.7. The Morgan fingerprint density at radius 2 is 1.35 bits per heavy atom. The van der Waals surface area contributed by atoms with Gasteiger partial charge in [-0.05, 0) is 91.2 Å². The Hall–Kier alpha value is -3.01. The number of amides is 3. The van der Waals surface area contributed by atoms with Crippen molar-refractivity contribution in [3.05, 3.63) is 35.9 Å². The number of likely N-dealkylation sites (tertiary alicyclic amines) is 2. The van der Waals surface area contributed by atoms with Gasteiger partial charge in [-0.2, -0.15) is 0 Å². The summed E-state index contributed by atoms with van der Waals surface area (Å²) in [5.74, 6) is 0.650. The summed E-state index contributed by atoms with van der Waals surface area (Å²) in [6, 6.07) is 9.55. The quantitative estimate of drug-likeness (QED) is 0.476. The van der Waals surface area contributed by atoms with E-state index in [4.69, 9.17) is 19.9 Å². The summed E-state index contributed by atoms with van der Waals surface area (Å²) < 4.78 is 15.9. The number of alkyl carbamates (subject to hydrolysis) is 1. The molecule has 0 aromatic heterocycles. The van der Waals surface area contributed by atoms with E-state index >= 15 is 0 Å². The fourth-order valence-corrected chi connectivity index (χ4v) is 4.48. The Morgan fingerprint density at radius 3 is 1.85 bits per heavy atom. The molecule has 0 spiro atoms. The lowest BCUT2D eigenvalue weighted by molar-refractivity contribution is 0.0158. The Kier molecular flexibility index (Phi) is 13.0. The van der Waals surface area contributed by atoms with Crippen LogP contribution in [0.15, 0.2) is 30.3 Å². The lowest BCUT2D eigenvalue weighted by Crippen LogP contribution is -2.45. The molecule has 0 bridgehead atoms. The normalized spacial score (nSPS) is 19.6. The van der Waals surface area contributed by atoms with Gasteiger partial charge in [0.05, 0.1) is 0 Å². The van der Waals surface area contributed by atoms with E-state index in [9.17, 15) is 14.4 Å². The van der Waals surface area contributed by atoms with Crippen molar-refractivity contribution in [3.63, 3.8) is 0 Å². The van der Waals surface area contributed by atoms with E-state index in [1.54, 1.807) is 9.80 Å². The van der Waals surface area contributed by atoms with Gasteiger partial charge < -0.3 is 35.1 Å². The molecule has 1 aromatic carbocycles. The Bertz CT molecular complexity index is 928. The lowest BCUT2D eigenvalue weighted by Gasteiger charge is -2.34. The molecule has 10 heteroatoms. The molecule has 0 aliphatic carbocycles. The zero-order valence-electron chi connectivity index (χ0n) is 25.2. The van der Waals surface area contributed by atoms with Crippen LogP contribution in [0.4, 0.5) is 14.4 Å². The van der Waals surface area contributed by atoms with Crippen molar-refractivity contribution in [3.8, 4) is 0 Å². The SMILES string of the molecule is CC(C)(C)OC(=O)N1CCC[C@H](CN)C1.CC(C)(C)OC(=O)N1CCC[C@H](CNC(=O)OCc2ccccc2)C1. The average Bonchev–Trinajstić information content (AvgIpc) is 2.90. The van der Waals surface area contributed by atoms with Crippen LogP contribution >= 0.6 is 0 Å². The van der Waals surface area contributed by atoms with Crippen molar-refractivity contribution in [2.24, 2.45) is 17.6 Å². The minimum atomic E-state index is -0.497. The number of benzene rings is 1. The molecule has 1 aromatic rings. The van der Waals surface area contributed by atoms with Crippen LogP contribution in [0, 0.1) is 11.8 Å². The number of ether oxygens (including phenoxy) is 3. The molecule has 0 saturated carbocycles. The molecule has 0 unspecified atom stereocenters. The Labute approximate surface area is 239 Å². The first kappa shape index (κ1) is 33.2. The fraction of sp³-hybridized carbons (Fsp3) is 0.700. The van der Waals surface area contributed by atoms with E-state index in [1.165, 1.54) is 0 Å². The van der Waals surface area contributed by atoms with Gasteiger partial charge in [-0.15, -0.1) is 0 Å². The van der Waals surface area contributed by atoms with E-state index in [0.29, 0.717) is 32.1 Å². The second-order valence-corrected chi connectivity index (χ2v) is 12.5. The van der Waals surface area contributed by atoms with Crippen molar-refractivity contribution in [1.82, 2.24) is 15.1 Å². The van der Waals surface area contributed by atoms with Gasteiger partial charge in [0.15, 0.2) is 0 Å². The molecular formula is C30H50N4O6. The number of nitrogens with one attached hydrogen (secondary N) is 1. The monoisotopic (exact) mass is 562 g/mol. The molecule has 3 amide bonds. The van der Waals surface area contributed by atoms with Crippen molar-refractivity contribution < 1.29 is 28.6 Å². The number of rotatable bonds is 5. The predicted octanol–water partition coefficient (Wildman–Crippen LogP) is 5.15. The van der Waals surface area contributed by atoms with Gasteiger partial charge in [0.1, 0.15) is 17.8 Å². The Morgan fingerprint density at radius 1 is 0.850 bits per heavy atom. The minimum absolute atomic E-state index is 0.208. The summed E-state index contributed by atoms with van der Waals surface area (Å²) in [7, 11) is 0. The van der Waals surface area contributed by atoms with Gasteiger partial charge in [0, 0.05) is 32.7 Å². The second-order valence-electron chi connectivity index (χ2n) is 12.5. The summed E-state index contributed by atoms with van der Waals surface area (Å²) in [6.45, 7) is 15.5. The summed E-state index contributed by atoms with van der Waals surface area (Å²) in [5.41, 5.74) is 5.66. The molecular weight excluding hydrogens is 512 g/mol. The maximum absolute atomic E-state index is 12.1. The number of hydrogen-bond donors (Lipinski definition) is 2.